The lowest BCUT2D eigenvalue weighted by atomic mass is 9.55. The number of carbonyl (C=O) groups is 2. The van der Waals surface area contributed by atoms with Crippen molar-refractivity contribution in [1.82, 2.24) is 10.6 Å². The van der Waals surface area contributed by atoms with Gasteiger partial charge < -0.3 is 20.5 Å². The monoisotopic (exact) mass is 542 g/mol. The molecule has 0 aromatic heterocycles. The van der Waals surface area contributed by atoms with Gasteiger partial charge in [0.2, 0.25) is 5.91 Å². The molecule has 3 N–H and O–H groups in total. The Morgan fingerprint density at radius 1 is 1.08 bits per heavy atom. The first-order valence-corrected chi connectivity index (χ1v) is 12.3. The standard InChI is InChI=1S/C26H27ClF4N2O4/c27-19-6-5-18(13-20(19)28)37-15-22(35)33-24-8-10-25(11-9-24,21(34)14-24)23(36)32-12-7-16-1-3-17(4-2-16)26(29,30)31/h1-6,13,21,34H,7-12,14-15H2,(H,32,36)(H,33,35)/t21-,24?,25?/m0/s1. The maximum atomic E-state index is 13.5. The minimum atomic E-state index is -4.40. The summed E-state index contributed by atoms with van der Waals surface area (Å²) >= 11 is 5.64. The Kier molecular flexibility index (Phi) is 7.71. The topological polar surface area (TPSA) is 87.7 Å². The van der Waals surface area contributed by atoms with Crippen LogP contribution in [0.25, 0.3) is 0 Å². The van der Waals surface area contributed by atoms with Gasteiger partial charge in [-0.25, -0.2) is 4.39 Å². The first-order valence-electron chi connectivity index (χ1n) is 11.9. The molecule has 1 atom stereocenters. The van der Waals surface area contributed by atoms with E-state index in [0.717, 1.165) is 18.2 Å². The van der Waals surface area contributed by atoms with Crippen molar-refractivity contribution < 1.29 is 37.0 Å². The molecule has 2 aromatic carbocycles. The molecule has 37 heavy (non-hydrogen) atoms. The van der Waals surface area contributed by atoms with Gasteiger partial charge in [0.05, 0.1) is 22.1 Å². The van der Waals surface area contributed by atoms with Gasteiger partial charge in [0, 0.05) is 18.2 Å². The van der Waals surface area contributed by atoms with Crippen LogP contribution in [0.1, 0.15) is 43.2 Å². The zero-order valence-corrected chi connectivity index (χ0v) is 20.6. The van der Waals surface area contributed by atoms with Crippen LogP contribution >= 0.6 is 11.6 Å². The lowest BCUT2D eigenvalue weighted by Gasteiger charge is -2.55. The number of hydrogen-bond acceptors (Lipinski definition) is 4. The third kappa shape index (κ3) is 6.01. The van der Waals surface area contributed by atoms with Gasteiger partial charge in [-0.1, -0.05) is 23.7 Å². The molecule has 0 spiro atoms. The number of alkyl halides is 3. The second-order valence-corrected chi connectivity index (χ2v) is 10.2. The highest BCUT2D eigenvalue weighted by atomic mass is 35.5. The van der Waals surface area contributed by atoms with E-state index in [1.54, 1.807) is 0 Å². The minimum Gasteiger partial charge on any atom is -0.484 e. The third-order valence-electron chi connectivity index (χ3n) is 7.42. The van der Waals surface area contributed by atoms with Gasteiger partial charge in [-0.05, 0) is 68.4 Å². The molecular formula is C26H27ClF4N2O4. The molecular weight excluding hydrogens is 516 g/mol. The van der Waals surface area contributed by atoms with Crippen molar-refractivity contribution in [3.05, 3.63) is 64.4 Å². The van der Waals surface area contributed by atoms with Crippen molar-refractivity contribution in [1.29, 1.82) is 0 Å². The third-order valence-corrected chi connectivity index (χ3v) is 7.73. The normalized spacial score (nSPS) is 25.0. The summed E-state index contributed by atoms with van der Waals surface area (Å²) in [7, 11) is 0. The van der Waals surface area contributed by atoms with Gasteiger partial charge in [0.25, 0.3) is 5.91 Å². The van der Waals surface area contributed by atoms with Crippen LogP contribution in [0.5, 0.6) is 5.75 Å². The summed E-state index contributed by atoms with van der Waals surface area (Å²) in [6.45, 7) is -0.113. The van der Waals surface area contributed by atoms with Crippen molar-refractivity contribution in [2.75, 3.05) is 13.2 Å². The van der Waals surface area contributed by atoms with Crippen LogP contribution in [0.4, 0.5) is 17.6 Å². The first-order chi connectivity index (χ1) is 17.4. The fraction of sp³-hybridized carbons (Fsp3) is 0.462. The highest BCUT2D eigenvalue weighted by molar-refractivity contribution is 6.30. The Morgan fingerprint density at radius 3 is 2.35 bits per heavy atom. The lowest BCUT2D eigenvalue weighted by Crippen LogP contribution is -2.65. The Balaban J connectivity index is 1.26. The lowest BCUT2D eigenvalue weighted by molar-refractivity contribution is -0.156. The molecule has 0 aliphatic heterocycles. The van der Waals surface area contributed by atoms with Gasteiger partial charge in [0.15, 0.2) is 6.61 Å². The second-order valence-electron chi connectivity index (χ2n) is 9.77. The van der Waals surface area contributed by atoms with Crippen LogP contribution in [0.15, 0.2) is 42.5 Å². The van der Waals surface area contributed by atoms with E-state index in [1.165, 1.54) is 24.3 Å². The minimum absolute atomic E-state index is 0.0544. The molecule has 5 rings (SSSR count). The fourth-order valence-electron chi connectivity index (χ4n) is 5.24. The Hall–Kier alpha value is -2.85. The number of carbonyl (C=O) groups excluding carboxylic acids is 2. The van der Waals surface area contributed by atoms with E-state index in [1.807, 2.05) is 0 Å². The molecule has 3 saturated carbocycles. The summed E-state index contributed by atoms with van der Waals surface area (Å²) in [5.74, 6) is -1.21. The Morgan fingerprint density at radius 2 is 1.76 bits per heavy atom. The number of nitrogens with one attached hydrogen (secondary N) is 2. The molecule has 6 nitrogen and oxygen atoms in total. The number of rotatable bonds is 8. The summed E-state index contributed by atoms with van der Waals surface area (Å²) in [5.41, 5.74) is -1.70. The van der Waals surface area contributed by atoms with E-state index in [-0.39, 0.29) is 36.3 Å². The molecule has 2 bridgehead atoms. The molecule has 0 radical (unpaired) electrons. The average molecular weight is 543 g/mol. The van der Waals surface area contributed by atoms with Crippen LogP contribution in [0.3, 0.4) is 0 Å². The van der Waals surface area contributed by atoms with Crippen LogP contribution in [0.2, 0.25) is 5.02 Å². The van der Waals surface area contributed by atoms with E-state index in [2.05, 4.69) is 10.6 Å². The highest BCUT2D eigenvalue weighted by Gasteiger charge is 2.58. The number of aliphatic hydroxyl groups excluding tert-OH is 1. The quantitative estimate of drug-likeness (QED) is 0.431. The van der Waals surface area contributed by atoms with E-state index in [4.69, 9.17) is 16.3 Å². The predicted octanol–water partition coefficient (Wildman–Crippen LogP) is 4.42. The van der Waals surface area contributed by atoms with Crippen LogP contribution in [-0.4, -0.2) is 41.7 Å². The summed E-state index contributed by atoms with van der Waals surface area (Å²) < 4.78 is 57.0. The molecule has 0 saturated heterocycles. The molecule has 200 valence electrons. The number of ether oxygens (including phenoxy) is 1. The zero-order chi connectivity index (χ0) is 26.8. The largest absolute Gasteiger partial charge is 0.484 e. The summed E-state index contributed by atoms with van der Waals surface area (Å²) in [6.07, 6.45) is -3.05. The van der Waals surface area contributed by atoms with Crippen molar-refractivity contribution >= 4 is 23.4 Å². The average Bonchev–Trinajstić information content (AvgIpc) is 2.85. The Bertz CT molecular complexity index is 1150. The van der Waals surface area contributed by atoms with E-state index >= 15 is 0 Å². The molecule has 3 aliphatic carbocycles. The number of hydrogen-bond donors (Lipinski definition) is 3. The number of amides is 2. The summed E-state index contributed by atoms with van der Waals surface area (Å²) in [6, 6.07) is 8.65. The maximum absolute atomic E-state index is 13.5. The molecule has 3 fully saturated rings. The fourth-order valence-corrected chi connectivity index (χ4v) is 5.35. The number of halogens is 5. The maximum Gasteiger partial charge on any atom is 0.416 e. The van der Waals surface area contributed by atoms with Gasteiger partial charge in [-0.2, -0.15) is 13.2 Å². The van der Waals surface area contributed by atoms with Crippen molar-refractivity contribution in [3.63, 3.8) is 0 Å². The van der Waals surface area contributed by atoms with Crippen molar-refractivity contribution in [2.45, 2.75) is 56.3 Å². The first kappa shape index (κ1) is 27.2. The van der Waals surface area contributed by atoms with Crippen molar-refractivity contribution in [3.8, 4) is 5.75 Å². The second kappa shape index (κ2) is 10.5. The zero-order valence-electron chi connectivity index (χ0n) is 19.8. The van der Waals surface area contributed by atoms with E-state index in [0.29, 0.717) is 37.7 Å². The predicted molar refractivity (Wildman–Crippen MR) is 127 cm³/mol. The summed E-state index contributed by atoms with van der Waals surface area (Å²) in [4.78, 5) is 25.5. The molecule has 0 heterocycles. The van der Waals surface area contributed by atoms with Crippen LogP contribution in [0, 0.1) is 11.2 Å². The van der Waals surface area contributed by atoms with Gasteiger partial charge >= 0.3 is 6.18 Å². The smallest absolute Gasteiger partial charge is 0.416 e. The van der Waals surface area contributed by atoms with Crippen molar-refractivity contribution in [2.24, 2.45) is 5.41 Å². The molecule has 0 unspecified atom stereocenters. The van der Waals surface area contributed by atoms with Crippen LogP contribution < -0.4 is 15.4 Å². The number of aliphatic hydroxyl groups is 1. The number of fused-ring (bicyclic) bond motifs is 3. The van der Waals surface area contributed by atoms with E-state index < -0.39 is 40.5 Å². The van der Waals surface area contributed by atoms with Gasteiger partial charge in [-0.15, -0.1) is 0 Å². The number of benzene rings is 2. The van der Waals surface area contributed by atoms with Crippen LogP contribution in [-0.2, 0) is 22.2 Å². The molecule has 2 aromatic rings. The summed E-state index contributed by atoms with van der Waals surface area (Å²) in [5, 5.41) is 16.6. The molecule has 3 aliphatic rings. The Labute approximate surface area is 216 Å². The molecule has 2 amide bonds. The van der Waals surface area contributed by atoms with Gasteiger partial charge in [-0.3, -0.25) is 9.59 Å². The van der Waals surface area contributed by atoms with E-state index in [9.17, 15) is 32.3 Å². The SMILES string of the molecule is O=C(COc1ccc(Cl)c(F)c1)NC12CCC(C(=O)NCCc3ccc(C(F)(F)F)cc3)(CC1)[C@@H](O)C2. The van der Waals surface area contributed by atoms with Gasteiger partial charge in [0.1, 0.15) is 11.6 Å². The highest BCUT2D eigenvalue weighted by Crippen LogP contribution is 2.52. The molecule has 11 heteroatoms.